The van der Waals surface area contributed by atoms with Crippen LogP contribution in [0.15, 0.2) is 48.5 Å². The minimum absolute atomic E-state index is 0.0881. The molecule has 120 valence electrons. The lowest BCUT2D eigenvalue weighted by atomic mass is 10.2. The van der Waals surface area contributed by atoms with Gasteiger partial charge in [-0.05, 0) is 12.1 Å². The number of amides is 1. The third-order valence-corrected chi connectivity index (χ3v) is 3.25. The smallest absolute Gasteiger partial charge is 0.279 e. The largest absolute Gasteiger partial charge is 0.326 e. The fourth-order valence-electron chi connectivity index (χ4n) is 2.21. The van der Waals surface area contributed by atoms with E-state index in [2.05, 4.69) is 5.32 Å². The molecule has 0 spiro atoms. The monoisotopic (exact) mass is 318 g/mol. The summed E-state index contributed by atoms with van der Waals surface area (Å²) in [5.41, 5.74) is 0.811. The lowest BCUT2D eigenvalue weighted by Gasteiger charge is -2.14. The lowest BCUT2D eigenvalue weighted by Crippen LogP contribution is -3.08. The Labute approximate surface area is 132 Å². The summed E-state index contributed by atoms with van der Waals surface area (Å²) >= 11 is 0. The predicted octanol–water partition coefficient (Wildman–Crippen LogP) is 1.39. The van der Waals surface area contributed by atoms with Gasteiger partial charge in [-0.15, -0.1) is 0 Å². The molecule has 1 amide bonds. The number of nitrogens with zero attached hydrogens (tertiary/aromatic N) is 1. The number of rotatable bonds is 6. The number of nitrogens with one attached hydrogen (secondary N) is 2. The summed E-state index contributed by atoms with van der Waals surface area (Å²) in [6, 6.07) is 12.1. The Morgan fingerprint density at radius 3 is 2.70 bits per heavy atom. The molecule has 1 atom stereocenters. The molecule has 1 unspecified atom stereocenters. The van der Waals surface area contributed by atoms with E-state index < -0.39 is 4.92 Å². The number of carbonyl (C=O) groups is 1. The van der Waals surface area contributed by atoms with Crippen molar-refractivity contribution in [2.45, 2.75) is 6.54 Å². The average molecular weight is 318 g/mol. The third kappa shape index (κ3) is 4.86. The van der Waals surface area contributed by atoms with Crippen molar-refractivity contribution in [1.29, 1.82) is 0 Å². The van der Waals surface area contributed by atoms with E-state index in [1.807, 2.05) is 0 Å². The number of carbonyl (C=O) groups excluding carboxylic acids is 1. The molecule has 0 aromatic heterocycles. The number of nitro benzene ring substituents is 1. The normalized spacial score (nSPS) is 11.7. The van der Waals surface area contributed by atoms with Gasteiger partial charge in [-0.2, -0.15) is 0 Å². The number of likely N-dealkylation sites (N-methyl/N-ethyl adjacent to an activating group) is 1. The van der Waals surface area contributed by atoms with Gasteiger partial charge in [-0.1, -0.05) is 24.3 Å². The molecule has 0 fully saturated rings. The highest BCUT2D eigenvalue weighted by atomic mass is 19.1. The van der Waals surface area contributed by atoms with Gasteiger partial charge in [0, 0.05) is 23.4 Å². The fraction of sp³-hybridized carbons (Fsp3) is 0.188. The second-order valence-electron chi connectivity index (χ2n) is 5.26. The molecule has 23 heavy (non-hydrogen) atoms. The summed E-state index contributed by atoms with van der Waals surface area (Å²) in [5, 5.41) is 13.3. The van der Waals surface area contributed by atoms with Gasteiger partial charge in [-0.3, -0.25) is 14.9 Å². The standard InChI is InChI=1S/C16H16FN3O3/c1-19(10-12-5-2-3-8-15(12)17)11-16(21)18-13-6-4-7-14(9-13)20(22)23/h2-9H,10-11H2,1H3,(H,18,21)/p+1. The molecule has 0 aliphatic carbocycles. The molecule has 0 heterocycles. The van der Waals surface area contributed by atoms with Crippen molar-refractivity contribution in [2.24, 2.45) is 0 Å². The predicted molar refractivity (Wildman–Crippen MR) is 83.6 cm³/mol. The van der Waals surface area contributed by atoms with Crippen molar-refractivity contribution >= 4 is 17.3 Å². The summed E-state index contributed by atoms with van der Waals surface area (Å²) in [6.07, 6.45) is 0. The maximum Gasteiger partial charge on any atom is 0.279 e. The minimum atomic E-state index is -0.523. The number of hydrogen-bond acceptors (Lipinski definition) is 3. The summed E-state index contributed by atoms with van der Waals surface area (Å²) in [6.45, 7) is 0.492. The molecule has 0 radical (unpaired) electrons. The van der Waals surface area contributed by atoms with Crippen LogP contribution in [0.3, 0.4) is 0 Å². The van der Waals surface area contributed by atoms with Gasteiger partial charge in [0.25, 0.3) is 11.6 Å². The quantitative estimate of drug-likeness (QED) is 0.624. The Morgan fingerprint density at radius 2 is 2.00 bits per heavy atom. The van der Waals surface area contributed by atoms with E-state index in [0.717, 1.165) is 4.90 Å². The Hall–Kier alpha value is -2.80. The van der Waals surface area contributed by atoms with E-state index in [1.165, 1.54) is 24.3 Å². The number of halogens is 1. The van der Waals surface area contributed by atoms with Gasteiger partial charge < -0.3 is 10.2 Å². The molecular formula is C16H17FN3O3+. The number of anilines is 1. The van der Waals surface area contributed by atoms with Crippen LogP contribution >= 0.6 is 0 Å². The zero-order chi connectivity index (χ0) is 16.8. The molecule has 2 aromatic rings. The lowest BCUT2D eigenvalue weighted by molar-refractivity contribution is -0.885. The second kappa shape index (κ2) is 7.46. The van der Waals surface area contributed by atoms with Crippen LogP contribution in [0.5, 0.6) is 0 Å². The van der Waals surface area contributed by atoms with Crippen LogP contribution in [0.4, 0.5) is 15.8 Å². The molecule has 2 rings (SSSR count). The first-order valence-corrected chi connectivity index (χ1v) is 7.04. The summed E-state index contributed by atoms with van der Waals surface area (Å²) in [7, 11) is 1.78. The minimum Gasteiger partial charge on any atom is -0.326 e. The highest BCUT2D eigenvalue weighted by Crippen LogP contribution is 2.16. The Balaban J connectivity index is 1.93. The maximum absolute atomic E-state index is 13.6. The molecular weight excluding hydrogens is 301 g/mol. The number of hydrogen-bond donors (Lipinski definition) is 2. The van der Waals surface area contributed by atoms with Crippen molar-refractivity contribution in [3.63, 3.8) is 0 Å². The Kier molecular flexibility index (Phi) is 5.37. The van der Waals surface area contributed by atoms with E-state index >= 15 is 0 Å². The summed E-state index contributed by atoms with van der Waals surface area (Å²) in [4.78, 5) is 23.0. The van der Waals surface area contributed by atoms with Crippen molar-refractivity contribution < 1.29 is 19.0 Å². The maximum atomic E-state index is 13.6. The zero-order valence-electron chi connectivity index (χ0n) is 12.6. The Morgan fingerprint density at radius 1 is 1.26 bits per heavy atom. The average Bonchev–Trinajstić information content (AvgIpc) is 2.49. The van der Waals surface area contributed by atoms with E-state index in [4.69, 9.17) is 0 Å². The van der Waals surface area contributed by atoms with Crippen LogP contribution in [0.2, 0.25) is 0 Å². The van der Waals surface area contributed by atoms with Crippen molar-refractivity contribution in [2.75, 3.05) is 18.9 Å². The van der Waals surface area contributed by atoms with E-state index in [-0.39, 0.29) is 24.0 Å². The first kappa shape index (κ1) is 16.6. The van der Waals surface area contributed by atoms with Crippen LogP contribution in [0.1, 0.15) is 5.56 Å². The molecule has 0 saturated heterocycles. The zero-order valence-corrected chi connectivity index (χ0v) is 12.6. The number of non-ortho nitro benzene ring substituents is 1. The van der Waals surface area contributed by atoms with Crippen molar-refractivity contribution in [1.82, 2.24) is 0 Å². The Bertz CT molecular complexity index is 721. The van der Waals surface area contributed by atoms with Crippen LogP contribution in [-0.2, 0) is 11.3 Å². The molecule has 0 saturated carbocycles. The SMILES string of the molecule is C[NH+](CC(=O)Nc1cccc([N+](=O)[O-])c1)Cc1ccccc1F. The highest BCUT2D eigenvalue weighted by Gasteiger charge is 2.14. The first-order valence-electron chi connectivity index (χ1n) is 7.04. The van der Waals surface area contributed by atoms with E-state index in [9.17, 15) is 19.3 Å². The van der Waals surface area contributed by atoms with Gasteiger partial charge in [0.1, 0.15) is 12.4 Å². The summed E-state index contributed by atoms with van der Waals surface area (Å²) < 4.78 is 13.6. The summed E-state index contributed by atoms with van der Waals surface area (Å²) in [5.74, 6) is -0.592. The van der Waals surface area contributed by atoms with Gasteiger partial charge >= 0.3 is 0 Å². The molecule has 0 bridgehead atoms. The molecule has 2 aromatic carbocycles. The van der Waals surface area contributed by atoms with Crippen LogP contribution in [0, 0.1) is 15.9 Å². The van der Waals surface area contributed by atoms with Crippen LogP contribution in [0.25, 0.3) is 0 Å². The third-order valence-electron chi connectivity index (χ3n) is 3.25. The van der Waals surface area contributed by atoms with E-state index in [1.54, 1.807) is 31.3 Å². The number of benzene rings is 2. The van der Waals surface area contributed by atoms with Crippen LogP contribution < -0.4 is 10.2 Å². The highest BCUT2D eigenvalue weighted by molar-refractivity contribution is 5.91. The van der Waals surface area contributed by atoms with E-state index in [0.29, 0.717) is 17.8 Å². The molecule has 7 heteroatoms. The van der Waals surface area contributed by atoms with Crippen molar-refractivity contribution in [3.05, 3.63) is 70.0 Å². The van der Waals surface area contributed by atoms with Gasteiger partial charge in [0.05, 0.1) is 12.0 Å². The van der Waals surface area contributed by atoms with Gasteiger partial charge in [-0.25, -0.2) is 4.39 Å². The first-order chi connectivity index (χ1) is 11.0. The number of quaternary nitrogens is 1. The molecule has 2 N–H and O–H groups in total. The van der Waals surface area contributed by atoms with Crippen molar-refractivity contribution in [3.8, 4) is 0 Å². The molecule has 0 aliphatic heterocycles. The van der Waals surface area contributed by atoms with Gasteiger partial charge in [0.15, 0.2) is 6.54 Å². The number of nitro groups is 1. The fourth-order valence-corrected chi connectivity index (χ4v) is 2.21. The molecule has 0 aliphatic rings. The molecule has 6 nitrogen and oxygen atoms in total. The topological polar surface area (TPSA) is 76.7 Å². The van der Waals surface area contributed by atoms with Gasteiger partial charge in [0.2, 0.25) is 0 Å². The van der Waals surface area contributed by atoms with Crippen LogP contribution in [-0.4, -0.2) is 24.4 Å². The second-order valence-corrected chi connectivity index (χ2v) is 5.26.